The van der Waals surface area contributed by atoms with Crippen molar-refractivity contribution >= 4 is 11.8 Å². The van der Waals surface area contributed by atoms with Gasteiger partial charge in [-0.3, -0.25) is 19.9 Å². The Morgan fingerprint density at radius 2 is 2.29 bits per heavy atom. The monoisotopic (exact) mass is 200 g/mol. The van der Waals surface area contributed by atoms with Gasteiger partial charge in [0, 0.05) is 6.54 Å². The van der Waals surface area contributed by atoms with Gasteiger partial charge in [-0.05, 0) is 12.8 Å². The Hall–Kier alpha value is -1.14. The molecule has 0 spiro atoms. The van der Waals surface area contributed by atoms with Crippen molar-refractivity contribution in [2.45, 2.75) is 31.8 Å². The summed E-state index contributed by atoms with van der Waals surface area (Å²) in [6.07, 6.45) is 1.34. The summed E-state index contributed by atoms with van der Waals surface area (Å²) in [6.45, 7) is 2.59. The summed E-state index contributed by atoms with van der Waals surface area (Å²) in [5.41, 5.74) is 7.27. The number of nitrogens with zero attached hydrogens (tertiary/aromatic N) is 1. The summed E-state index contributed by atoms with van der Waals surface area (Å²) in [4.78, 5) is 24.0. The molecule has 0 aromatic carbocycles. The number of likely N-dealkylation sites (tertiary alicyclic amines) is 1. The molecular formula is C8H16N4O2. The van der Waals surface area contributed by atoms with E-state index < -0.39 is 0 Å². The largest absolute Gasteiger partial charge is 0.368 e. The Balaban J connectivity index is 2.62. The fourth-order valence-electron chi connectivity index (χ4n) is 1.75. The van der Waals surface area contributed by atoms with Gasteiger partial charge in [0.25, 0.3) is 5.91 Å². The molecule has 1 rings (SSSR count). The zero-order valence-electron chi connectivity index (χ0n) is 8.19. The molecule has 80 valence electrons. The number of amides is 2. The van der Waals surface area contributed by atoms with E-state index in [1.807, 2.05) is 6.92 Å². The molecule has 1 aliphatic heterocycles. The smallest absolute Gasteiger partial charge is 0.251 e. The minimum Gasteiger partial charge on any atom is -0.368 e. The SMILES string of the molecule is CCC(C(=O)NN)N1CCC1C(N)=O. The third kappa shape index (κ3) is 1.85. The molecule has 6 nitrogen and oxygen atoms in total. The molecule has 1 aliphatic rings. The summed E-state index contributed by atoms with van der Waals surface area (Å²) < 4.78 is 0. The third-order valence-corrected chi connectivity index (χ3v) is 2.62. The Bertz CT molecular complexity index is 243. The summed E-state index contributed by atoms with van der Waals surface area (Å²) in [5, 5.41) is 0. The van der Waals surface area contributed by atoms with Crippen molar-refractivity contribution in [1.82, 2.24) is 10.3 Å². The predicted octanol–water partition coefficient (Wildman–Crippen LogP) is -1.69. The van der Waals surface area contributed by atoms with Crippen LogP contribution in [0.15, 0.2) is 0 Å². The molecule has 0 saturated carbocycles. The Labute approximate surface area is 82.6 Å². The molecule has 6 heteroatoms. The molecule has 1 fully saturated rings. The molecule has 5 N–H and O–H groups in total. The summed E-state index contributed by atoms with van der Waals surface area (Å²) >= 11 is 0. The van der Waals surface area contributed by atoms with Crippen LogP contribution in [0.1, 0.15) is 19.8 Å². The minimum atomic E-state index is -0.375. The normalized spacial score (nSPS) is 23.7. The van der Waals surface area contributed by atoms with Crippen molar-refractivity contribution in [2.24, 2.45) is 11.6 Å². The van der Waals surface area contributed by atoms with Gasteiger partial charge in [0.05, 0.1) is 12.1 Å². The highest BCUT2D eigenvalue weighted by molar-refractivity contribution is 5.85. The maximum absolute atomic E-state index is 11.3. The first kappa shape index (κ1) is 10.9. The molecule has 14 heavy (non-hydrogen) atoms. The Kier molecular flexibility index (Phi) is 3.43. The van der Waals surface area contributed by atoms with E-state index in [1.54, 1.807) is 4.90 Å². The van der Waals surface area contributed by atoms with Crippen LogP contribution in [0, 0.1) is 0 Å². The number of primary amides is 1. The summed E-state index contributed by atoms with van der Waals surface area (Å²) in [6, 6.07) is -0.650. The number of carbonyl (C=O) groups is 2. The number of hydrogen-bond acceptors (Lipinski definition) is 4. The van der Waals surface area contributed by atoms with E-state index in [9.17, 15) is 9.59 Å². The van der Waals surface area contributed by atoms with Crippen molar-refractivity contribution in [3.05, 3.63) is 0 Å². The van der Waals surface area contributed by atoms with E-state index in [-0.39, 0.29) is 23.9 Å². The average Bonchev–Trinajstić information content (AvgIpc) is 2.09. The number of rotatable bonds is 4. The fraction of sp³-hybridized carbons (Fsp3) is 0.750. The van der Waals surface area contributed by atoms with E-state index in [0.29, 0.717) is 6.42 Å². The van der Waals surface area contributed by atoms with Gasteiger partial charge in [-0.15, -0.1) is 0 Å². The molecule has 1 saturated heterocycles. The van der Waals surface area contributed by atoms with Crippen LogP contribution in [-0.2, 0) is 9.59 Å². The molecule has 2 amide bonds. The molecule has 0 aromatic heterocycles. The van der Waals surface area contributed by atoms with Crippen molar-refractivity contribution < 1.29 is 9.59 Å². The van der Waals surface area contributed by atoms with Gasteiger partial charge in [0.2, 0.25) is 5.91 Å². The van der Waals surface area contributed by atoms with E-state index in [4.69, 9.17) is 11.6 Å². The lowest BCUT2D eigenvalue weighted by atomic mass is 9.97. The predicted molar refractivity (Wildman–Crippen MR) is 50.7 cm³/mol. The number of nitrogens with one attached hydrogen (secondary N) is 1. The number of hydrogen-bond donors (Lipinski definition) is 3. The van der Waals surface area contributed by atoms with E-state index in [1.165, 1.54) is 0 Å². The lowest BCUT2D eigenvalue weighted by molar-refractivity contribution is -0.137. The highest BCUT2D eigenvalue weighted by Gasteiger charge is 2.39. The topological polar surface area (TPSA) is 101 Å². The van der Waals surface area contributed by atoms with Crippen LogP contribution in [0.2, 0.25) is 0 Å². The van der Waals surface area contributed by atoms with Gasteiger partial charge < -0.3 is 5.73 Å². The zero-order valence-corrected chi connectivity index (χ0v) is 8.19. The van der Waals surface area contributed by atoms with E-state index in [2.05, 4.69) is 5.43 Å². The van der Waals surface area contributed by atoms with Crippen molar-refractivity contribution in [2.75, 3.05) is 6.54 Å². The standard InChI is InChI=1S/C8H16N4O2/c1-2-5(8(14)11-10)12-4-3-6(12)7(9)13/h5-6H,2-4,10H2,1H3,(H2,9,13)(H,11,14). The van der Waals surface area contributed by atoms with Crippen LogP contribution in [0.4, 0.5) is 0 Å². The molecule has 0 radical (unpaired) electrons. The quantitative estimate of drug-likeness (QED) is 0.286. The van der Waals surface area contributed by atoms with Crippen LogP contribution in [0.25, 0.3) is 0 Å². The second-order valence-corrected chi connectivity index (χ2v) is 3.38. The average molecular weight is 200 g/mol. The number of hydrazine groups is 1. The van der Waals surface area contributed by atoms with Crippen LogP contribution >= 0.6 is 0 Å². The highest BCUT2D eigenvalue weighted by atomic mass is 16.2. The minimum absolute atomic E-state index is 0.265. The van der Waals surface area contributed by atoms with Gasteiger partial charge in [-0.25, -0.2) is 5.84 Å². The lowest BCUT2D eigenvalue weighted by Crippen LogP contribution is -2.62. The summed E-state index contributed by atoms with van der Waals surface area (Å²) in [7, 11) is 0. The van der Waals surface area contributed by atoms with Gasteiger partial charge in [0.15, 0.2) is 0 Å². The molecule has 0 bridgehead atoms. The van der Waals surface area contributed by atoms with Crippen molar-refractivity contribution in [3.63, 3.8) is 0 Å². The van der Waals surface area contributed by atoms with Gasteiger partial charge >= 0.3 is 0 Å². The van der Waals surface area contributed by atoms with Gasteiger partial charge in [-0.1, -0.05) is 6.92 Å². The maximum Gasteiger partial charge on any atom is 0.251 e. The number of nitrogens with two attached hydrogens (primary N) is 2. The van der Waals surface area contributed by atoms with Gasteiger partial charge in [0.1, 0.15) is 0 Å². The van der Waals surface area contributed by atoms with Crippen LogP contribution < -0.4 is 17.0 Å². The Morgan fingerprint density at radius 3 is 2.57 bits per heavy atom. The van der Waals surface area contributed by atoms with Crippen LogP contribution in [-0.4, -0.2) is 35.3 Å². The lowest BCUT2D eigenvalue weighted by Gasteiger charge is -2.42. The summed E-state index contributed by atoms with van der Waals surface area (Å²) in [5.74, 6) is 4.40. The molecular weight excluding hydrogens is 184 g/mol. The van der Waals surface area contributed by atoms with Crippen LogP contribution in [0.3, 0.4) is 0 Å². The molecule has 2 unspecified atom stereocenters. The number of carbonyl (C=O) groups excluding carboxylic acids is 2. The second kappa shape index (κ2) is 4.39. The highest BCUT2D eigenvalue weighted by Crippen LogP contribution is 2.21. The molecule has 0 aliphatic carbocycles. The molecule has 2 atom stereocenters. The zero-order chi connectivity index (χ0) is 10.7. The Morgan fingerprint density at radius 1 is 1.64 bits per heavy atom. The third-order valence-electron chi connectivity index (χ3n) is 2.62. The van der Waals surface area contributed by atoms with E-state index >= 15 is 0 Å². The first-order valence-corrected chi connectivity index (χ1v) is 4.67. The van der Waals surface area contributed by atoms with Crippen LogP contribution in [0.5, 0.6) is 0 Å². The van der Waals surface area contributed by atoms with Gasteiger partial charge in [-0.2, -0.15) is 0 Å². The van der Waals surface area contributed by atoms with E-state index in [0.717, 1.165) is 13.0 Å². The maximum atomic E-state index is 11.3. The fourth-order valence-corrected chi connectivity index (χ4v) is 1.75. The van der Waals surface area contributed by atoms with Crippen molar-refractivity contribution in [1.29, 1.82) is 0 Å². The molecule has 0 aromatic rings. The second-order valence-electron chi connectivity index (χ2n) is 3.38. The van der Waals surface area contributed by atoms with Crippen molar-refractivity contribution in [3.8, 4) is 0 Å². The molecule has 1 heterocycles. The first-order chi connectivity index (χ1) is 6.61. The first-order valence-electron chi connectivity index (χ1n) is 4.67.